The number of hydrogen-bond acceptors (Lipinski definition) is 5. The fraction of sp³-hybridized carbons (Fsp3) is 0.467. The van der Waals surface area contributed by atoms with Crippen LogP contribution < -0.4 is 5.73 Å². The topological polar surface area (TPSA) is 68.5 Å². The third-order valence-electron chi connectivity index (χ3n) is 3.64. The number of aryl methyl sites for hydroxylation is 1. The van der Waals surface area contributed by atoms with Crippen molar-refractivity contribution in [1.29, 1.82) is 0 Å². The molecule has 1 fully saturated rings. The minimum atomic E-state index is -0.311. The second-order valence-electron chi connectivity index (χ2n) is 5.99. The van der Waals surface area contributed by atoms with Gasteiger partial charge in [0.05, 0.1) is 17.9 Å². The standard InChI is InChI=1S/C15H19N3O2S/c1-9-4-5-10-11(16)12(21-13(10)17-9)14(19)18-6-7-20-15(2,3)8-18/h4-5H,6-8,16H2,1-3H3. The molecule has 112 valence electrons. The van der Waals surface area contributed by atoms with Crippen molar-refractivity contribution >= 4 is 33.1 Å². The third-order valence-corrected chi connectivity index (χ3v) is 4.74. The first-order valence-corrected chi connectivity index (χ1v) is 7.78. The number of nitrogens with zero attached hydrogens (tertiary/aromatic N) is 2. The molecule has 0 aromatic carbocycles. The molecule has 0 radical (unpaired) electrons. The van der Waals surface area contributed by atoms with Crippen molar-refractivity contribution in [2.24, 2.45) is 0 Å². The minimum absolute atomic E-state index is 0.0236. The zero-order chi connectivity index (χ0) is 15.2. The predicted octanol–water partition coefficient (Wildman–Crippen LogP) is 2.44. The van der Waals surface area contributed by atoms with Crippen LogP contribution in [0.5, 0.6) is 0 Å². The number of nitrogen functional groups attached to an aromatic ring is 1. The number of ether oxygens (including phenoxy) is 1. The Hall–Kier alpha value is -1.66. The fourth-order valence-corrected chi connectivity index (χ4v) is 3.69. The van der Waals surface area contributed by atoms with E-state index >= 15 is 0 Å². The van der Waals surface area contributed by atoms with Crippen LogP contribution in [-0.2, 0) is 4.74 Å². The molecule has 0 spiro atoms. The van der Waals surface area contributed by atoms with E-state index in [0.717, 1.165) is 15.9 Å². The number of carbonyl (C=O) groups is 1. The molecule has 1 aliphatic heterocycles. The highest BCUT2D eigenvalue weighted by Gasteiger charge is 2.32. The van der Waals surface area contributed by atoms with Crippen LogP contribution in [-0.4, -0.2) is 41.1 Å². The average molecular weight is 305 g/mol. The fourth-order valence-electron chi connectivity index (χ4n) is 2.58. The van der Waals surface area contributed by atoms with E-state index in [0.29, 0.717) is 30.3 Å². The summed E-state index contributed by atoms with van der Waals surface area (Å²) in [5, 5.41) is 0.862. The summed E-state index contributed by atoms with van der Waals surface area (Å²) in [5.74, 6) is -0.0236. The highest BCUT2D eigenvalue weighted by atomic mass is 32.1. The molecular weight excluding hydrogens is 286 g/mol. The van der Waals surface area contributed by atoms with Gasteiger partial charge in [0.25, 0.3) is 5.91 Å². The monoisotopic (exact) mass is 305 g/mol. The van der Waals surface area contributed by atoms with Crippen molar-refractivity contribution in [3.8, 4) is 0 Å². The number of anilines is 1. The lowest BCUT2D eigenvalue weighted by molar-refractivity contribution is -0.0762. The largest absolute Gasteiger partial charge is 0.397 e. The van der Waals surface area contributed by atoms with Crippen LogP contribution in [0.15, 0.2) is 12.1 Å². The number of rotatable bonds is 1. The Bertz CT molecular complexity index is 708. The van der Waals surface area contributed by atoms with Gasteiger partial charge in [0.15, 0.2) is 0 Å². The Labute approximate surface area is 127 Å². The SMILES string of the molecule is Cc1ccc2c(N)c(C(=O)N3CCOC(C)(C)C3)sc2n1. The summed E-state index contributed by atoms with van der Waals surface area (Å²) < 4.78 is 5.65. The molecule has 2 aromatic rings. The molecule has 1 amide bonds. The van der Waals surface area contributed by atoms with Crippen molar-refractivity contribution in [1.82, 2.24) is 9.88 Å². The lowest BCUT2D eigenvalue weighted by atomic mass is 10.1. The summed E-state index contributed by atoms with van der Waals surface area (Å²) in [6, 6.07) is 3.85. The van der Waals surface area contributed by atoms with Gasteiger partial charge in [0.2, 0.25) is 0 Å². The molecule has 21 heavy (non-hydrogen) atoms. The molecule has 0 atom stereocenters. The highest BCUT2D eigenvalue weighted by molar-refractivity contribution is 7.21. The van der Waals surface area contributed by atoms with Gasteiger partial charge in [0, 0.05) is 24.2 Å². The first kappa shape index (κ1) is 14.3. The number of hydrogen-bond donors (Lipinski definition) is 1. The zero-order valence-electron chi connectivity index (χ0n) is 12.5. The van der Waals surface area contributed by atoms with Crippen molar-refractivity contribution in [3.63, 3.8) is 0 Å². The number of pyridine rings is 1. The molecule has 3 heterocycles. The molecule has 0 bridgehead atoms. The van der Waals surface area contributed by atoms with Gasteiger partial charge in [0.1, 0.15) is 9.71 Å². The van der Waals surface area contributed by atoms with Crippen molar-refractivity contribution in [2.45, 2.75) is 26.4 Å². The highest BCUT2D eigenvalue weighted by Crippen LogP contribution is 2.34. The maximum Gasteiger partial charge on any atom is 0.266 e. The normalized spacial score (nSPS) is 18.1. The van der Waals surface area contributed by atoms with Gasteiger partial charge in [-0.2, -0.15) is 0 Å². The molecule has 1 aliphatic rings. The Morgan fingerprint density at radius 1 is 1.48 bits per heavy atom. The van der Waals surface area contributed by atoms with Crippen LogP contribution in [0.4, 0.5) is 5.69 Å². The number of aromatic nitrogens is 1. The van der Waals surface area contributed by atoms with Gasteiger partial charge < -0.3 is 15.4 Å². The number of morpholine rings is 1. The Morgan fingerprint density at radius 2 is 2.24 bits per heavy atom. The molecular formula is C15H19N3O2S. The van der Waals surface area contributed by atoms with Crippen LogP contribution >= 0.6 is 11.3 Å². The molecule has 0 aliphatic carbocycles. The second-order valence-corrected chi connectivity index (χ2v) is 6.98. The number of thiophene rings is 1. The number of amides is 1. The first-order valence-electron chi connectivity index (χ1n) is 6.96. The van der Waals surface area contributed by atoms with E-state index in [1.165, 1.54) is 11.3 Å². The number of fused-ring (bicyclic) bond motifs is 1. The van der Waals surface area contributed by atoms with Gasteiger partial charge >= 0.3 is 0 Å². The quantitative estimate of drug-likeness (QED) is 0.878. The lowest BCUT2D eigenvalue weighted by Gasteiger charge is -2.38. The second kappa shape index (κ2) is 4.96. The van der Waals surface area contributed by atoms with Crippen molar-refractivity contribution in [3.05, 3.63) is 22.7 Å². The predicted molar refractivity (Wildman–Crippen MR) is 84.7 cm³/mol. The lowest BCUT2D eigenvalue weighted by Crippen LogP contribution is -2.50. The number of nitrogens with two attached hydrogens (primary N) is 1. The molecule has 0 unspecified atom stereocenters. The van der Waals surface area contributed by atoms with Gasteiger partial charge in [-0.05, 0) is 32.9 Å². The molecule has 2 aromatic heterocycles. The first-order chi connectivity index (χ1) is 9.87. The Morgan fingerprint density at radius 3 is 2.95 bits per heavy atom. The summed E-state index contributed by atoms with van der Waals surface area (Å²) in [7, 11) is 0. The summed E-state index contributed by atoms with van der Waals surface area (Å²) in [6.45, 7) is 7.65. The van der Waals surface area contributed by atoms with Gasteiger partial charge in [-0.3, -0.25) is 4.79 Å². The smallest absolute Gasteiger partial charge is 0.266 e. The third kappa shape index (κ3) is 2.61. The molecule has 3 rings (SSSR count). The molecule has 6 heteroatoms. The average Bonchev–Trinajstić information content (AvgIpc) is 2.73. The van der Waals surface area contributed by atoms with Crippen LogP contribution in [0.3, 0.4) is 0 Å². The zero-order valence-corrected chi connectivity index (χ0v) is 13.3. The molecule has 2 N–H and O–H groups in total. The maximum absolute atomic E-state index is 12.7. The van der Waals surface area contributed by atoms with Gasteiger partial charge in [-0.25, -0.2) is 4.98 Å². The van der Waals surface area contributed by atoms with Crippen LogP contribution in [0, 0.1) is 6.92 Å². The molecule has 1 saturated heterocycles. The minimum Gasteiger partial charge on any atom is -0.397 e. The van der Waals surface area contributed by atoms with E-state index in [-0.39, 0.29) is 11.5 Å². The van der Waals surface area contributed by atoms with Crippen LogP contribution in [0.2, 0.25) is 0 Å². The van der Waals surface area contributed by atoms with Gasteiger partial charge in [-0.15, -0.1) is 11.3 Å². The van der Waals surface area contributed by atoms with Crippen molar-refractivity contribution < 1.29 is 9.53 Å². The van der Waals surface area contributed by atoms with E-state index in [4.69, 9.17) is 10.5 Å². The van der Waals surface area contributed by atoms with Crippen molar-refractivity contribution in [2.75, 3.05) is 25.4 Å². The summed E-state index contributed by atoms with van der Waals surface area (Å²) >= 11 is 1.37. The molecule has 5 nitrogen and oxygen atoms in total. The van der Waals surface area contributed by atoms with Crippen LogP contribution in [0.25, 0.3) is 10.2 Å². The maximum atomic E-state index is 12.7. The summed E-state index contributed by atoms with van der Waals surface area (Å²) in [5.41, 5.74) is 7.31. The Kier molecular flexibility index (Phi) is 3.37. The summed E-state index contributed by atoms with van der Waals surface area (Å²) in [6.07, 6.45) is 0. The number of carbonyl (C=O) groups excluding carboxylic acids is 1. The molecule has 0 saturated carbocycles. The van der Waals surface area contributed by atoms with Gasteiger partial charge in [-0.1, -0.05) is 0 Å². The van der Waals surface area contributed by atoms with Crippen LogP contribution in [0.1, 0.15) is 29.2 Å². The van der Waals surface area contributed by atoms with E-state index in [9.17, 15) is 4.79 Å². The van der Waals surface area contributed by atoms with E-state index in [1.807, 2.05) is 37.8 Å². The van der Waals surface area contributed by atoms with E-state index in [1.54, 1.807) is 0 Å². The Balaban J connectivity index is 1.96. The van der Waals surface area contributed by atoms with E-state index < -0.39 is 0 Å². The summed E-state index contributed by atoms with van der Waals surface area (Å²) in [4.78, 5) is 20.4. The van der Waals surface area contributed by atoms with E-state index in [2.05, 4.69) is 4.98 Å².